The Hall–Kier alpha value is -6.46. The molecule has 0 saturated carbocycles. The average molecular weight is 856 g/mol. The molecule has 1 fully saturated rings. The van der Waals surface area contributed by atoms with Crippen LogP contribution in [0, 0.1) is 0 Å². The number of pyridine rings is 1. The average Bonchev–Trinajstić information content (AvgIpc) is 3.26. The summed E-state index contributed by atoms with van der Waals surface area (Å²) in [4.78, 5) is 71.9. The number of nitrogens with zero attached hydrogens (tertiary/aromatic N) is 2. The van der Waals surface area contributed by atoms with Crippen molar-refractivity contribution in [2.75, 3.05) is 43.7 Å². The summed E-state index contributed by atoms with van der Waals surface area (Å²) < 4.78 is 11.1. The maximum absolute atomic E-state index is 13.0. The number of hydrogen-bond donors (Lipinski definition) is 6. The lowest BCUT2D eigenvalue weighted by Crippen LogP contribution is -2.39. The molecular formula is C44H46ClN5O11. The van der Waals surface area contributed by atoms with Crippen LogP contribution in [0.2, 0.25) is 5.02 Å². The Morgan fingerprint density at radius 1 is 0.934 bits per heavy atom. The number of aromatic amines is 1. The molecule has 5 aromatic rings. The lowest BCUT2D eigenvalue weighted by molar-refractivity contribution is -0.155. The zero-order valence-electron chi connectivity index (χ0n) is 33.3. The fourth-order valence-corrected chi connectivity index (χ4v) is 7.28. The fourth-order valence-electron chi connectivity index (χ4n) is 7.04. The Bertz CT molecular complexity index is 2420. The van der Waals surface area contributed by atoms with Crippen molar-refractivity contribution >= 4 is 57.8 Å². The number of hydroxylamine groups is 1. The van der Waals surface area contributed by atoms with Crippen molar-refractivity contribution in [1.29, 1.82) is 0 Å². The van der Waals surface area contributed by atoms with E-state index in [0.29, 0.717) is 76.1 Å². The van der Waals surface area contributed by atoms with Gasteiger partial charge in [-0.15, -0.1) is 5.06 Å². The fraction of sp³-hybridized carbons (Fsp3) is 0.295. The number of esters is 1. The molecule has 0 radical (unpaired) electrons. The number of nitrogens with one attached hydrogen (secondary N) is 3. The molecule has 17 heteroatoms. The first kappa shape index (κ1) is 44.1. The lowest BCUT2D eigenvalue weighted by Gasteiger charge is -2.31. The summed E-state index contributed by atoms with van der Waals surface area (Å²) in [6.45, 7) is 2.02. The molecule has 1 aliphatic heterocycles. The van der Waals surface area contributed by atoms with Crippen LogP contribution < -0.4 is 26.0 Å². The quantitative estimate of drug-likeness (QED) is 0.0486. The Morgan fingerprint density at radius 2 is 1.66 bits per heavy atom. The van der Waals surface area contributed by atoms with Crippen molar-refractivity contribution < 1.29 is 48.8 Å². The first-order valence-corrected chi connectivity index (χ1v) is 20.0. The number of methoxy groups -OCH3 is 1. The molecule has 1 atom stereocenters. The first-order chi connectivity index (χ1) is 29.4. The van der Waals surface area contributed by atoms with E-state index in [4.69, 9.17) is 25.9 Å². The number of aromatic hydroxyl groups is 1. The van der Waals surface area contributed by atoms with E-state index in [-0.39, 0.29) is 66.9 Å². The van der Waals surface area contributed by atoms with Gasteiger partial charge in [-0.05, 0) is 48.2 Å². The van der Waals surface area contributed by atoms with Crippen LogP contribution in [0.3, 0.4) is 0 Å². The number of aliphatic hydroxyl groups is 1. The van der Waals surface area contributed by atoms with Gasteiger partial charge in [-0.25, -0.2) is 9.59 Å². The SMILES string of the molecule is COc1cc(NC(=O)CCN2CCC(OC(=O)CCC(=O)ON(C(=O)O)c3ccccc3-c3ccccc3)CC2)c(Cl)cc1CNC[C@@H](O)c1ccc(O)c2[nH]c(=O)ccc12. The van der Waals surface area contributed by atoms with Crippen molar-refractivity contribution in [3.05, 3.63) is 117 Å². The molecule has 320 valence electrons. The monoisotopic (exact) mass is 855 g/mol. The van der Waals surface area contributed by atoms with E-state index in [1.54, 1.807) is 42.5 Å². The second-order valence-corrected chi connectivity index (χ2v) is 14.7. The number of carbonyl (C=O) groups is 4. The van der Waals surface area contributed by atoms with E-state index in [9.17, 15) is 39.3 Å². The number of H-pyrrole nitrogens is 1. The molecule has 1 aromatic heterocycles. The van der Waals surface area contributed by atoms with Gasteiger partial charge in [0.2, 0.25) is 11.5 Å². The van der Waals surface area contributed by atoms with Gasteiger partial charge in [-0.1, -0.05) is 66.2 Å². The molecule has 0 unspecified atom stereocenters. The minimum atomic E-state index is -1.49. The van der Waals surface area contributed by atoms with Crippen molar-refractivity contribution in [3.8, 4) is 22.6 Å². The molecule has 2 heterocycles. The number of likely N-dealkylation sites (tertiary alicyclic amines) is 1. The summed E-state index contributed by atoms with van der Waals surface area (Å²) in [5, 5.41) is 38.2. The predicted octanol–water partition coefficient (Wildman–Crippen LogP) is 6.15. The summed E-state index contributed by atoms with van der Waals surface area (Å²) in [5.74, 6) is -1.40. The summed E-state index contributed by atoms with van der Waals surface area (Å²) in [6.07, 6.45) is -2.26. The number of anilines is 2. The number of aliphatic hydroxyl groups excluding tert-OH is 1. The van der Waals surface area contributed by atoms with Gasteiger partial charge >= 0.3 is 18.0 Å². The number of benzene rings is 4. The van der Waals surface area contributed by atoms with E-state index >= 15 is 0 Å². The Labute approximate surface area is 355 Å². The summed E-state index contributed by atoms with van der Waals surface area (Å²) in [5.41, 5.74) is 2.89. The number of rotatable bonds is 16. The zero-order chi connectivity index (χ0) is 43.5. The minimum Gasteiger partial charge on any atom is -0.506 e. The molecule has 6 rings (SSSR count). The van der Waals surface area contributed by atoms with E-state index < -0.39 is 24.1 Å². The Kier molecular flexibility index (Phi) is 15.0. The number of halogens is 1. The number of piperidine rings is 1. The normalized spacial score (nSPS) is 13.6. The van der Waals surface area contributed by atoms with Crippen LogP contribution in [0.4, 0.5) is 16.2 Å². The maximum atomic E-state index is 13.0. The number of phenols is 1. The van der Waals surface area contributed by atoms with Gasteiger partial charge in [0.25, 0.3) is 0 Å². The molecule has 6 N–H and O–H groups in total. The minimum absolute atomic E-state index is 0.0994. The number of hydrogen-bond acceptors (Lipinski definition) is 12. The molecule has 0 aliphatic carbocycles. The topological polar surface area (TPSA) is 220 Å². The molecule has 1 saturated heterocycles. The summed E-state index contributed by atoms with van der Waals surface area (Å²) >= 11 is 6.56. The van der Waals surface area contributed by atoms with Gasteiger partial charge in [0.1, 0.15) is 17.6 Å². The largest absolute Gasteiger partial charge is 0.506 e. The highest BCUT2D eigenvalue weighted by molar-refractivity contribution is 6.33. The molecule has 61 heavy (non-hydrogen) atoms. The third kappa shape index (κ3) is 11.6. The molecule has 16 nitrogen and oxygen atoms in total. The van der Waals surface area contributed by atoms with Crippen LogP contribution in [0.25, 0.3) is 22.0 Å². The number of amides is 2. The second-order valence-electron chi connectivity index (χ2n) is 14.3. The molecule has 4 aromatic carbocycles. The number of para-hydroxylation sites is 1. The van der Waals surface area contributed by atoms with Crippen LogP contribution >= 0.6 is 11.6 Å². The van der Waals surface area contributed by atoms with E-state index in [1.165, 1.54) is 25.3 Å². The summed E-state index contributed by atoms with van der Waals surface area (Å²) in [6, 6.07) is 24.9. The Morgan fingerprint density at radius 3 is 2.39 bits per heavy atom. The molecule has 1 aliphatic rings. The third-order valence-corrected chi connectivity index (χ3v) is 10.5. The standard InChI is InChI=1S/C44H46ClN5O11/c1-59-38-24-34(33(45)23-28(38)25-46-26-37(52)31-11-13-36(51)43-32(31)12-14-39(53)48-43)47-40(54)19-22-49-20-17-29(18-21-49)60-41(55)15-16-42(56)61-50(44(57)58)35-10-6-5-9-30(35)27-7-3-2-4-8-27/h2-14,23-24,29,37,46,51-52H,15-22,25-26H2,1H3,(H,47,54)(H,48,53)(H,57,58)/t37-/m1/s1. The highest BCUT2D eigenvalue weighted by Gasteiger charge is 2.26. The van der Waals surface area contributed by atoms with Gasteiger partial charge in [-0.3, -0.25) is 14.4 Å². The maximum Gasteiger partial charge on any atom is 0.445 e. The van der Waals surface area contributed by atoms with E-state index in [1.807, 2.05) is 30.3 Å². The van der Waals surface area contributed by atoms with Crippen LogP contribution in [0.1, 0.15) is 49.3 Å². The molecule has 0 spiro atoms. The predicted molar refractivity (Wildman–Crippen MR) is 227 cm³/mol. The molecular weight excluding hydrogens is 810 g/mol. The number of fused-ring (bicyclic) bond motifs is 1. The number of aromatic nitrogens is 1. The van der Waals surface area contributed by atoms with E-state index in [2.05, 4.69) is 20.5 Å². The van der Waals surface area contributed by atoms with Gasteiger partial charge in [0, 0.05) is 67.8 Å². The van der Waals surface area contributed by atoms with Crippen LogP contribution in [-0.2, 0) is 30.5 Å². The lowest BCUT2D eigenvalue weighted by atomic mass is 10.0. The van der Waals surface area contributed by atoms with Gasteiger partial charge in [-0.2, -0.15) is 0 Å². The molecule has 2 amide bonds. The summed E-state index contributed by atoms with van der Waals surface area (Å²) in [7, 11) is 1.49. The van der Waals surface area contributed by atoms with Crippen LogP contribution in [0.15, 0.2) is 95.8 Å². The zero-order valence-corrected chi connectivity index (χ0v) is 34.0. The number of phenolic OH excluding ortho intramolecular Hbond substituents is 1. The van der Waals surface area contributed by atoms with E-state index in [0.717, 1.165) is 5.56 Å². The first-order valence-electron chi connectivity index (χ1n) is 19.6. The van der Waals surface area contributed by atoms with Gasteiger partial charge < -0.3 is 50.1 Å². The van der Waals surface area contributed by atoms with Gasteiger partial charge in [0.05, 0.1) is 48.0 Å². The smallest absolute Gasteiger partial charge is 0.445 e. The highest BCUT2D eigenvalue weighted by atomic mass is 35.5. The van der Waals surface area contributed by atoms with Crippen LogP contribution in [-0.4, -0.2) is 88.5 Å². The Balaban J connectivity index is 0.906. The number of carbonyl (C=O) groups excluding carboxylic acids is 3. The van der Waals surface area contributed by atoms with Crippen molar-refractivity contribution in [1.82, 2.24) is 15.2 Å². The molecule has 0 bridgehead atoms. The van der Waals surface area contributed by atoms with Crippen molar-refractivity contribution in [3.63, 3.8) is 0 Å². The number of ether oxygens (including phenoxy) is 2. The van der Waals surface area contributed by atoms with Crippen molar-refractivity contribution in [2.24, 2.45) is 0 Å². The van der Waals surface area contributed by atoms with Gasteiger partial charge in [0.15, 0.2) is 0 Å². The van der Waals surface area contributed by atoms with Crippen molar-refractivity contribution in [2.45, 2.75) is 50.9 Å². The second kappa shape index (κ2) is 20.7. The number of carboxylic acid groups (broad SMARTS) is 1. The third-order valence-electron chi connectivity index (χ3n) is 10.2. The highest BCUT2D eigenvalue weighted by Crippen LogP contribution is 2.33. The van der Waals surface area contributed by atoms with Crippen LogP contribution in [0.5, 0.6) is 11.5 Å².